The van der Waals surface area contributed by atoms with Gasteiger partial charge in [0.1, 0.15) is 0 Å². The van der Waals surface area contributed by atoms with Crippen LogP contribution in [-0.2, 0) is 5.54 Å². The third kappa shape index (κ3) is 2.44. The topological polar surface area (TPSA) is 44.5 Å². The van der Waals surface area contributed by atoms with Gasteiger partial charge in [-0.2, -0.15) is 0 Å². The SMILES string of the molecule is COc1ccc(C2(N)CCC2)cc1OC1CCCC1. The molecule has 0 spiro atoms. The molecule has 104 valence electrons. The Morgan fingerprint density at radius 1 is 1.11 bits per heavy atom. The van der Waals surface area contributed by atoms with E-state index >= 15 is 0 Å². The molecule has 1 aromatic rings. The third-order valence-electron chi connectivity index (χ3n) is 4.58. The maximum Gasteiger partial charge on any atom is 0.161 e. The van der Waals surface area contributed by atoms with Gasteiger partial charge in [-0.3, -0.25) is 0 Å². The number of ether oxygens (including phenoxy) is 2. The highest BCUT2D eigenvalue weighted by atomic mass is 16.5. The highest BCUT2D eigenvalue weighted by Crippen LogP contribution is 2.42. The Morgan fingerprint density at radius 2 is 1.84 bits per heavy atom. The summed E-state index contributed by atoms with van der Waals surface area (Å²) in [6, 6.07) is 6.17. The Hall–Kier alpha value is -1.22. The van der Waals surface area contributed by atoms with Crippen LogP contribution in [0, 0.1) is 0 Å². The van der Waals surface area contributed by atoms with E-state index in [-0.39, 0.29) is 5.54 Å². The molecule has 0 radical (unpaired) electrons. The van der Waals surface area contributed by atoms with Gasteiger partial charge in [0.15, 0.2) is 11.5 Å². The molecule has 3 heteroatoms. The highest BCUT2D eigenvalue weighted by Gasteiger charge is 2.35. The van der Waals surface area contributed by atoms with Crippen LogP contribution >= 0.6 is 0 Å². The molecule has 2 fully saturated rings. The van der Waals surface area contributed by atoms with Gasteiger partial charge in [0, 0.05) is 5.54 Å². The summed E-state index contributed by atoms with van der Waals surface area (Å²) in [4.78, 5) is 0. The van der Waals surface area contributed by atoms with Gasteiger partial charge in [-0.05, 0) is 62.6 Å². The maximum absolute atomic E-state index is 6.40. The molecule has 0 heterocycles. The molecule has 1 aromatic carbocycles. The first-order chi connectivity index (χ1) is 9.21. The molecule has 0 aromatic heterocycles. The van der Waals surface area contributed by atoms with Crippen molar-refractivity contribution in [2.75, 3.05) is 7.11 Å². The van der Waals surface area contributed by atoms with Crippen LogP contribution in [0.4, 0.5) is 0 Å². The minimum absolute atomic E-state index is 0.139. The standard InChI is InChI=1S/C16H23NO2/c1-18-14-8-7-12(16(17)9-4-10-16)11-15(14)19-13-5-2-3-6-13/h7-8,11,13H,2-6,9-10,17H2,1H3. The highest BCUT2D eigenvalue weighted by molar-refractivity contribution is 5.45. The number of hydrogen-bond donors (Lipinski definition) is 1. The molecule has 0 saturated heterocycles. The van der Waals surface area contributed by atoms with Crippen molar-refractivity contribution in [3.05, 3.63) is 23.8 Å². The normalized spacial score (nSPS) is 22.0. The van der Waals surface area contributed by atoms with E-state index in [4.69, 9.17) is 15.2 Å². The van der Waals surface area contributed by atoms with Crippen molar-refractivity contribution in [2.24, 2.45) is 5.73 Å². The molecule has 2 N–H and O–H groups in total. The first-order valence-corrected chi connectivity index (χ1v) is 7.35. The molecule has 0 amide bonds. The Balaban J connectivity index is 1.84. The minimum Gasteiger partial charge on any atom is -0.493 e. The van der Waals surface area contributed by atoms with Crippen LogP contribution in [0.5, 0.6) is 11.5 Å². The lowest BCUT2D eigenvalue weighted by molar-refractivity contribution is 0.198. The van der Waals surface area contributed by atoms with Crippen LogP contribution in [-0.4, -0.2) is 13.2 Å². The summed E-state index contributed by atoms with van der Waals surface area (Å²) >= 11 is 0. The van der Waals surface area contributed by atoms with Gasteiger partial charge < -0.3 is 15.2 Å². The Labute approximate surface area is 115 Å². The van der Waals surface area contributed by atoms with Gasteiger partial charge in [-0.15, -0.1) is 0 Å². The number of hydrogen-bond acceptors (Lipinski definition) is 3. The zero-order valence-corrected chi connectivity index (χ0v) is 11.7. The van der Waals surface area contributed by atoms with Crippen LogP contribution in [0.2, 0.25) is 0 Å². The second kappa shape index (κ2) is 5.04. The maximum atomic E-state index is 6.40. The molecule has 3 nitrogen and oxygen atoms in total. The molecular weight excluding hydrogens is 238 g/mol. The summed E-state index contributed by atoms with van der Waals surface area (Å²) in [5.74, 6) is 1.68. The average molecular weight is 261 g/mol. The van der Waals surface area contributed by atoms with Crippen molar-refractivity contribution in [1.29, 1.82) is 0 Å². The minimum atomic E-state index is -0.139. The zero-order chi connectivity index (χ0) is 13.3. The summed E-state index contributed by atoms with van der Waals surface area (Å²) in [6.45, 7) is 0. The Kier molecular flexibility index (Phi) is 3.40. The van der Waals surface area contributed by atoms with Crippen LogP contribution in [0.15, 0.2) is 18.2 Å². The molecule has 3 rings (SSSR count). The average Bonchev–Trinajstić information content (AvgIpc) is 2.89. The van der Waals surface area contributed by atoms with Crippen LogP contribution < -0.4 is 15.2 Å². The van der Waals surface area contributed by atoms with Gasteiger partial charge >= 0.3 is 0 Å². The van der Waals surface area contributed by atoms with Crippen LogP contribution in [0.25, 0.3) is 0 Å². The van der Waals surface area contributed by atoms with Crippen molar-refractivity contribution in [1.82, 2.24) is 0 Å². The fourth-order valence-corrected chi connectivity index (χ4v) is 3.11. The van der Waals surface area contributed by atoms with Gasteiger partial charge in [0.2, 0.25) is 0 Å². The molecule has 0 bridgehead atoms. The molecule has 2 aliphatic rings. The molecule has 0 aliphatic heterocycles. The van der Waals surface area contributed by atoms with Crippen molar-refractivity contribution < 1.29 is 9.47 Å². The lowest BCUT2D eigenvalue weighted by Crippen LogP contribution is -2.43. The van der Waals surface area contributed by atoms with E-state index in [1.807, 2.05) is 6.07 Å². The van der Waals surface area contributed by atoms with E-state index in [1.54, 1.807) is 7.11 Å². The Bertz CT molecular complexity index is 448. The number of benzene rings is 1. The van der Waals surface area contributed by atoms with Crippen molar-refractivity contribution in [3.8, 4) is 11.5 Å². The number of rotatable bonds is 4. The third-order valence-corrected chi connectivity index (χ3v) is 4.58. The van der Waals surface area contributed by atoms with Gasteiger partial charge in [0.05, 0.1) is 13.2 Å². The second-order valence-corrected chi connectivity index (χ2v) is 5.90. The van der Waals surface area contributed by atoms with Gasteiger partial charge in [-0.25, -0.2) is 0 Å². The quantitative estimate of drug-likeness (QED) is 0.904. The zero-order valence-electron chi connectivity index (χ0n) is 11.7. The molecule has 0 unspecified atom stereocenters. The van der Waals surface area contributed by atoms with E-state index in [2.05, 4.69) is 12.1 Å². The van der Waals surface area contributed by atoms with E-state index in [0.29, 0.717) is 6.10 Å². The van der Waals surface area contributed by atoms with Crippen molar-refractivity contribution in [2.45, 2.75) is 56.6 Å². The molecule has 19 heavy (non-hydrogen) atoms. The largest absolute Gasteiger partial charge is 0.493 e. The van der Waals surface area contributed by atoms with Crippen molar-refractivity contribution in [3.63, 3.8) is 0 Å². The van der Waals surface area contributed by atoms with Gasteiger partial charge in [0.25, 0.3) is 0 Å². The summed E-state index contributed by atoms with van der Waals surface area (Å²) in [5.41, 5.74) is 7.45. The summed E-state index contributed by atoms with van der Waals surface area (Å²) in [6.07, 6.45) is 8.56. The molecule has 0 atom stereocenters. The first kappa shape index (κ1) is 12.8. The predicted molar refractivity (Wildman–Crippen MR) is 75.6 cm³/mol. The fourth-order valence-electron chi connectivity index (χ4n) is 3.11. The Morgan fingerprint density at radius 3 is 2.42 bits per heavy atom. The molecule has 2 saturated carbocycles. The lowest BCUT2D eigenvalue weighted by Gasteiger charge is -2.39. The summed E-state index contributed by atoms with van der Waals surface area (Å²) in [5, 5.41) is 0. The molecule has 2 aliphatic carbocycles. The van der Waals surface area contributed by atoms with E-state index in [1.165, 1.54) is 24.8 Å². The van der Waals surface area contributed by atoms with Gasteiger partial charge in [-0.1, -0.05) is 6.07 Å². The fraction of sp³-hybridized carbons (Fsp3) is 0.625. The second-order valence-electron chi connectivity index (χ2n) is 5.90. The molecular formula is C16H23NO2. The van der Waals surface area contributed by atoms with E-state index < -0.39 is 0 Å². The lowest BCUT2D eigenvalue weighted by atomic mass is 9.73. The van der Waals surface area contributed by atoms with Crippen LogP contribution in [0.1, 0.15) is 50.5 Å². The number of methoxy groups -OCH3 is 1. The predicted octanol–water partition coefficient (Wildman–Crippen LogP) is 3.35. The summed E-state index contributed by atoms with van der Waals surface area (Å²) in [7, 11) is 1.69. The smallest absolute Gasteiger partial charge is 0.161 e. The van der Waals surface area contributed by atoms with E-state index in [0.717, 1.165) is 37.2 Å². The monoisotopic (exact) mass is 261 g/mol. The summed E-state index contributed by atoms with van der Waals surface area (Å²) < 4.78 is 11.5. The number of nitrogens with two attached hydrogens (primary N) is 1. The van der Waals surface area contributed by atoms with E-state index in [9.17, 15) is 0 Å². The van der Waals surface area contributed by atoms with Crippen LogP contribution in [0.3, 0.4) is 0 Å². The van der Waals surface area contributed by atoms with Crippen molar-refractivity contribution >= 4 is 0 Å². The first-order valence-electron chi connectivity index (χ1n) is 7.35.